The van der Waals surface area contributed by atoms with Crippen LogP contribution in [0.1, 0.15) is 13.8 Å². The fourth-order valence-corrected chi connectivity index (χ4v) is 1.09. The number of amides is 2. The van der Waals surface area contributed by atoms with Gasteiger partial charge in [0.05, 0.1) is 5.54 Å². The van der Waals surface area contributed by atoms with Crippen LogP contribution in [-0.2, 0) is 9.59 Å². The molecular weight excluding hydrogens is 156 g/mol. The monoisotopic (exact) mass is 168 g/mol. The minimum Gasteiger partial charge on any atom is -0.328 e. The van der Waals surface area contributed by atoms with E-state index in [1.165, 1.54) is 17.1 Å². The van der Waals surface area contributed by atoms with Crippen LogP contribution in [-0.4, -0.2) is 28.8 Å². The molecule has 0 saturated carbocycles. The van der Waals surface area contributed by atoms with E-state index in [0.717, 1.165) is 0 Å². The van der Waals surface area contributed by atoms with Gasteiger partial charge < -0.3 is 5.73 Å². The lowest BCUT2D eigenvalue weighted by Crippen LogP contribution is -2.52. The molecule has 2 N–H and O–H groups in total. The molecule has 4 heteroatoms. The molecule has 66 valence electrons. The first-order valence-corrected chi connectivity index (χ1v) is 3.75. The summed E-state index contributed by atoms with van der Waals surface area (Å²) < 4.78 is 0. The Labute approximate surface area is 71.0 Å². The number of carbonyl (C=O) groups is 2. The highest BCUT2D eigenvalue weighted by Crippen LogP contribution is 2.17. The van der Waals surface area contributed by atoms with E-state index < -0.39 is 5.54 Å². The first kappa shape index (κ1) is 8.93. The van der Waals surface area contributed by atoms with E-state index in [-0.39, 0.29) is 18.4 Å². The molecule has 0 aliphatic carbocycles. The van der Waals surface area contributed by atoms with Crippen LogP contribution in [0, 0.1) is 0 Å². The van der Waals surface area contributed by atoms with Gasteiger partial charge in [0, 0.05) is 18.7 Å². The van der Waals surface area contributed by atoms with Gasteiger partial charge in [-0.2, -0.15) is 0 Å². The smallest absolute Gasteiger partial charge is 0.254 e. The predicted molar refractivity (Wildman–Crippen MR) is 44.1 cm³/mol. The highest BCUT2D eigenvalue weighted by molar-refractivity contribution is 6.13. The maximum atomic E-state index is 11.2. The summed E-state index contributed by atoms with van der Waals surface area (Å²) in [7, 11) is 0. The van der Waals surface area contributed by atoms with E-state index in [0.29, 0.717) is 0 Å². The SMILES string of the molecule is CC(C)(CN)N1C(=O)C=CC1=O. The lowest BCUT2D eigenvalue weighted by atomic mass is 10.0. The molecule has 1 rings (SSSR count). The third-order valence-corrected chi connectivity index (χ3v) is 1.91. The van der Waals surface area contributed by atoms with Crippen molar-refractivity contribution in [2.24, 2.45) is 5.73 Å². The molecular formula is C8H12N2O2. The summed E-state index contributed by atoms with van der Waals surface area (Å²) in [6.07, 6.45) is 2.53. The van der Waals surface area contributed by atoms with Crippen molar-refractivity contribution in [1.82, 2.24) is 4.90 Å². The van der Waals surface area contributed by atoms with Crippen molar-refractivity contribution in [2.75, 3.05) is 6.54 Å². The van der Waals surface area contributed by atoms with Gasteiger partial charge in [0.1, 0.15) is 0 Å². The standard InChI is InChI=1S/C8H12N2O2/c1-8(2,5-9)10-6(11)3-4-7(10)12/h3-4H,5,9H2,1-2H3. The van der Waals surface area contributed by atoms with Gasteiger partial charge in [0.15, 0.2) is 0 Å². The number of hydrogen-bond donors (Lipinski definition) is 1. The quantitative estimate of drug-likeness (QED) is 0.573. The van der Waals surface area contributed by atoms with Crippen molar-refractivity contribution in [2.45, 2.75) is 19.4 Å². The zero-order valence-electron chi connectivity index (χ0n) is 7.20. The van der Waals surface area contributed by atoms with Gasteiger partial charge in [-0.3, -0.25) is 14.5 Å². The molecule has 1 aliphatic rings. The molecule has 0 atom stereocenters. The largest absolute Gasteiger partial charge is 0.328 e. The van der Waals surface area contributed by atoms with Crippen molar-refractivity contribution >= 4 is 11.8 Å². The normalized spacial score (nSPS) is 17.8. The summed E-state index contributed by atoms with van der Waals surface area (Å²) in [6, 6.07) is 0. The molecule has 0 fully saturated rings. The van der Waals surface area contributed by atoms with Crippen LogP contribution in [0.3, 0.4) is 0 Å². The maximum absolute atomic E-state index is 11.2. The summed E-state index contributed by atoms with van der Waals surface area (Å²) >= 11 is 0. The molecule has 1 heterocycles. The Morgan fingerprint density at radius 2 is 1.75 bits per heavy atom. The van der Waals surface area contributed by atoms with Crippen LogP contribution in [0.25, 0.3) is 0 Å². The lowest BCUT2D eigenvalue weighted by molar-refractivity contribution is -0.142. The first-order valence-electron chi connectivity index (χ1n) is 3.75. The zero-order valence-corrected chi connectivity index (χ0v) is 7.20. The first-order chi connectivity index (χ1) is 5.49. The molecule has 0 aromatic rings. The fourth-order valence-electron chi connectivity index (χ4n) is 1.09. The lowest BCUT2D eigenvalue weighted by Gasteiger charge is -2.32. The van der Waals surface area contributed by atoms with Crippen molar-refractivity contribution in [1.29, 1.82) is 0 Å². The zero-order chi connectivity index (χ0) is 9.35. The average Bonchev–Trinajstić information content (AvgIpc) is 2.31. The van der Waals surface area contributed by atoms with E-state index in [2.05, 4.69) is 0 Å². The fraction of sp³-hybridized carbons (Fsp3) is 0.500. The molecule has 0 aromatic carbocycles. The van der Waals surface area contributed by atoms with Crippen LogP contribution < -0.4 is 5.73 Å². The van der Waals surface area contributed by atoms with Crippen LogP contribution in [0.5, 0.6) is 0 Å². The highest BCUT2D eigenvalue weighted by atomic mass is 16.2. The van der Waals surface area contributed by atoms with Gasteiger partial charge in [0.2, 0.25) is 0 Å². The van der Waals surface area contributed by atoms with Crippen molar-refractivity contribution in [3.05, 3.63) is 12.2 Å². The van der Waals surface area contributed by atoms with Gasteiger partial charge in [0.25, 0.3) is 11.8 Å². The van der Waals surface area contributed by atoms with E-state index in [1.54, 1.807) is 13.8 Å². The summed E-state index contributed by atoms with van der Waals surface area (Å²) in [4.78, 5) is 23.5. The van der Waals surface area contributed by atoms with Gasteiger partial charge in [-0.15, -0.1) is 0 Å². The van der Waals surface area contributed by atoms with E-state index in [1.807, 2.05) is 0 Å². The van der Waals surface area contributed by atoms with Gasteiger partial charge in [-0.05, 0) is 13.8 Å². The van der Waals surface area contributed by atoms with Crippen molar-refractivity contribution in [3.63, 3.8) is 0 Å². The Kier molecular flexibility index (Phi) is 2.02. The third-order valence-electron chi connectivity index (χ3n) is 1.91. The molecule has 2 amide bonds. The second kappa shape index (κ2) is 2.71. The van der Waals surface area contributed by atoms with Crippen LogP contribution in [0.2, 0.25) is 0 Å². The Morgan fingerprint density at radius 1 is 1.33 bits per heavy atom. The number of rotatable bonds is 2. The van der Waals surface area contributed by atoms with E-state index in [4.69, 9.17) is 5.73 Å². The maximum Gasteiger partial charge on any atom is 0.254 e. The third kappa shape index (κ3) is 1.25. The number of imide groups is 1. The van der Waals surface area contributed by atoms with Crippen molar-refractivity contribution < 1.29 is 9.59 Å². The summed E-state index contributed by atoms with van der Waals surface area (Å²) in [5.74, 6) is -0.564. The van der Waals surface area contributed by atoms with Gasteiger partial charge >= 0.3 is 0 Å². The average molecular weight is 168 g/mol. The predicted octanol–water partition coefficient (Wildman–Crippen LogP) is -0.351. The molecule has 0 bridgehead atoms. The minimum atomic E-state index is -0.586. The van der Waals surface area contributed by atoms with Crippen molar-refractivity contribution in [3.8, 4) is 0 Å². The molecule has 1 aliphatic heterocycles. The minimum absolute atomic E-state index is 0.270. The van der Waals surface area contributed by atoms with Crippen LogP contribution >= 0.6 is 0 Å². The number of nitrogens with zero attached hydrogens (tertiary/aromatic N) is 1. The second-order valence-corrected chi connectivity index (χ2v) is 3.36. The summed E-state index contributed by atoms with van der Waals surface area (Å²) in [5.41, 5.74) is 4.85. The number of hydrogen-bond acceptors (Lipinski definition) is 3. The molecule has 0 radical (unpaired) electrons. The number of carbonyl (C=O) groups excluding carboxylic acids is 2. The Hall–Kier alpha value is -1.16. The van der Waals surface area contributed by atoms with Crippen LogP contribution in [0.15, 0.2) is 12.2 Å². The van der Waals surface area contributed by atoms with Gasteiger partial charge in [-0.1, -0.05) is 0 Å². The Bertz CT molecular complexity index is 238. The van der Waals surface area contributed by atoms with E-state index >= 15 is 0 Å². The number of nitrogens with two attached hydrogens (primary N) is 1. The topological polar surface area (TPSA) is 63.4 Å². The Morgan fingerprint density at radius 3 is 2.08 bits per heavy atom. The van der Waals surface area contributed by atoms with Gasteiger partial charge in [-0.25, -0.2) is 0 Å². The molecule has 12 heavy (non-hydrogen) atoms. The molecule has 0 aromatic heterocycles. The summed E-state index contributed by atoms with van der Waals surface area (Å²) in [6.45, 7) is 3.79. The van der Waals surface area contributed by atoms with Crippen LogP contribution in [0.4, 0.5) is 0 Å². The molecule has 0 saturated heterocycles. The molecule has 4 nitrogen and oxygen atoms in total. The molecule has 0 spiro atoms. The van der Waals surface area contributed by atoms with E-state index in [9.17, 15) is 9.59 Å². The summed E-state index contributed by atoms with van der Waals surface area (Å²) in [5, 5.41) is 0. The second-order valence-electron chi connectivity index (χ2n) is 3.36. The Balaban J connectivity index is 2.90. The molecule has 0 unspecified atom stereocenters. The highest BCUT2D eigenvalue weighted by Gasteiger charge is 2.35.